The summed E-state index contributed by atoms with van der Waals surface area (Å²) < 4.78 is 31.4. The third kappa shape index (κ3) is 3.88. The minimum absolute atomic E-state index is 0.0125. The van der Waals surface area contributed by atoms with E-state index < -0.39 is 16.6 Å². The maximum Gasteiger partial charge on any atom is 0.311 e. The third-order valence-corrected chi connectivity index (χ3v) is 3.00. The first-order valence-electron chi connectivity index (χ1n) is 5.90. The summed E-state index contributed by atoms with van der Waals surface area (Å²) in [7, 11) is 0. The standard InChI is InChI=1S/C14H10ClF2NO3/c15-7-9-1-2-14(13(5-9)18(19)20)21-8-10-3-11(16)6-12(17)4-10/h1-6H,7-8H2. The van der Waals surface area contributed by atoms with E-state index in [0.29, 0.717) is 5.56 Å². The summed E-state index contributed by atoms with van der Waals surface area (Å²) >= 11 is 5.62. The minimum atomic E-state index is -0.736. The summed E-state index contributed by atoms with van der Waals surface area (Å²) in [4.78, 5) is 10.4. The van der Waals surface area contributed by atoms with Gasteiger partial charge in [-0.25, -0.2) is 8.78 Å². The van der Waals surface area contributed by atoms with Gasteiger partial charge in [0.05, 0.1) is 4.92 Å². The lowest BCUT2D eigenvalue weighted by molar-refractivity contribution is -0.386. The highest BCUT2D eigenvalue weighted by Crippen LogP contribution is 2.29. The number of rotatable bonds is 5. The van der Waals surface area contributed by atoms with Crippen LogP contribution < -0.4 is 4.74 Å². The second-order valence-corrected chi connectivity index (χ2v) is 4.53. The van der Waals surface area contributed by atoms with Gasteiger partial charge in [-0.1, -0.05) is 6.07 Å². The van der Waals surface area contributed by atoms with Crippen LogP contribution in [0.15, 0.2) is 36.4 Å². The highest BCUT2D eigenvalue weighted by atomic mass is 35.5. The van der Waals surface area contributed by atoms with Gasteiger partial charge >= 0.3 is 5.69 Å². The number of nitrogens with zero attached hydrogens (tertiary/aromatic N) is 1. The number of hydrogen-bond donors (Lipinski definition) is 0. The van der Waals surface area contributed by atoms with Crippen LogP contribution in [0.2, 0.25) is 0 Å². The van der Waals surface area contributed by atoms with E-state index in [1.165, 1.54) is 12.1 Å². The molecule has 21 heavy (non-hydrogen) atoms. The molecule has 7 heteroatoms. The fourth-order valence-corrected chi connectivity index (χ4v) is 1.93. The number of hydrogen-bond acceptors (Lipinski definition) is 3. The molecule has 2 aromatic carbocycles. The van der Waals surface area contributed by atoms with Gasteiger partial charge in [0.25, 0.3) is 0 Å². The quantitative estimate of drug-likeness (QED) is 0.472. The molecule has 0 saturated carbocycles. The van der Waals surface area contributed by atoms with E-state index in [1.54, 1.807) is 6.07 Å². The van der Waals surface area contributed by atoms with Crippen molar-refractivity contribution in [1.29, 1.82) is 0 Å². The summed E-state index contributed by atoms with van der Waals surface area (Å²) in [5.41, 5.74) is 0.570. The molecule has 2 aromatic rings. The third-order valence-electron chi connectivity index (χ3n) is 2.69. The zero-order valence-electron chi connectivity index (χ0n) is 10.7. The largest absolute Gasteiger partial charge is 0.482 e. The van der Waals surface area contributed by atoms with Crippen LogP contribution >= 0.6 is 11.6 Å². The lowest BCUT2D eigenvalue weighted by atomic mass is 10.2. The van der Waals surface area contributed by atoms with Gasteiger partial charge in [-0.2, -0.15) is 0 Å². The SMILES string of the molecule is O=[N+]([O-])c1cc(CCl)ccc1OCc1cc(F)cc(F)c1. The van der Waals surface area contributed by atoms with Gasteiger partial charge in [-0.15, -0.1) is 11.6 Å². The molecule has 2 rings (SSSR count). The molecule has 0 bridgehead atoms. The molecular weight excluding hydrogens is 304 g/mol. The molecule has 0 amide bonds. The first-order valence-corrected chi connectivity index (χ1v) is 6.44. The second kappa shape index (κ2) is 6.49. The summed E-state index contributed by atoms with van der Waals surface area (Å²) in [6, 6.07) is 7.23. The molecule has 0 unspecified atom stereocenters. The van der Waals surface area contributed by atoms with Crippen LogP contribution in [0, 0.1) is 21.7 Å². The zero-order chi connectivity index (χ0) is 15.4. The lowest BCUT2D eigenvalue weighted by Crippen LogP contribution is -2.00. The Balaban J connectivity index is 2.21. The van der Waals surface area contributed by atoms with Crippen molar-refractivity contribution >= 4 is 17.3 Å². The Morgan fingerprint density at radius 1 is 1.10 bits per heavy atom. The maximum absolute atomic E-state index is 13.0. The molecule has 0 N–H and O–H groups in total. The number of halogens is 3. The Labute approximate surface area is 124 Å². The van der Waals surface area contributed by atoms with Gasteiger partial charge in [-0.05, 0) is 29.3 Å². The normalized spacial score (nSPS) is 10.4. The van der Waals surface area contributed by atoms with Gasteiger partial charge in [-0.3, -0.25) is 10.1 Å². The van der Waals surface area contributed by atoms with Crippen molar-refractivity contribution in [2.45, 2.75) is 12.5 Å². The van der Waals surface area contributed by atoms with Crippen molar-refractivity contribution in [2.24, 2.45) is 0 Å². The second-order valence-electron chi connectivity index (χ2n) is 4.26. The summed E-state index contributed by atoms with van der Waals surface area (Å²) in [5, 5.41) is 11.0. The Morgan fingerprint density at radius 3 is 2.33 bits per heavy atom. The molecule has 0 radical (unpaired) electrons. The van der Waals surface area contributed by atoms with Crippen LogP contribution in [0.4, 0.5) is 14.5 Å². The molecule has 110 valence electrons. The molecule has 0 aliphatic rings. The van der Waals surface area contributed by atoms with Crippen molar-refractivity contribution in [1.82, 2.24) is 0 Å². The Bertz CT molecular complexity index is 659. The van der Waals surface area contributed by atoms with Crippen LogP contribution in [0.1, 0.15) is 11.1 Å². The van der Waals surface area contributed by atoms with Gasteiger partial charge < -0.3 is 4.74 Å². The lowest BCUT2D eigenvalue weighted by Gasteiger charge is -2.08. The maximum atomic E-state index is 13.0. The number of alkyl halides is 1. The molecular formula is C14H10ClF2NO3. The molecule has 0 atom stereocenters. The molecule has 4 nitrogen and oxygen atoms in total. The van der Waals surface area contributed by atoms with Crippen LogP contribution in [0.5, 0.6) is 5.75 Å². The van der Waals surface area contributed by atoms with E-state index in [1.807, 2.05) is 0 Å². The van der Waals surface area contributed by atoms with E-state index >= 15 is 0 Å². The predicted molar refractivity (Wildman–Crippen MR) is 73.3 cm³/mol. The first kappa shape index (κ1) is 15.2. The molecule has 0 aliphatic carbocycles. The van der Waals surface area contributed by atoms with Gasteiger partial charge in [0, 0.05) is 18.0 Å². The van der Waals surface area contributed by atoms with E-state index in [2.05, 4.69) is 0 Å². The molecule has 0 fully saturated rings. The van der Waals surface area contributed by atoms with E-state index in [9.17, 15) is 18.9 Å². The average molecular weight is 314 g/mol. The van der Waals surface area contributed by atoms with Crippen LogP contribution in [-0.2, 0) is 12.5 Å². The smallest absolute Gasteiger partial charge is 0.311 e. The van der Waals surface area contributed by atoms with E-state index in [0.717, 1.165) is 18.2 Å². The summed E-state index contributed by atoms with van der Waals surface area (Å²) in [6.07, 6.45) is 0. The van der Waals surface area contributed by atoms with Gasteiger partial charge in [0.2, 0.25) is 0 Å². The number of nitro groups is 1. The van der Waals surface area contributed by atoms with Crippen LogP contribution in [0.3, 0.4) is 0 Å². The minimum Gasteiger partial charge on any atom is -0.482 e. The Kier molecular flexibility index (Phi) is 4.70. The van der Waals surface area contributed by atoms with E-state index in [-0.39, 0.29) is 29.5 Å². The highest BCUT2D eigenvalue weighted by Gasteiger charge is 2.16. The van der Waals surface area contributed by atoms with Gasteiger partial charge in [0.15, 0.2) is 5.75 Å². The highest BCUT2D eigenvalue weighted by molar-refractivity contribution is 6.17. The number of ether oxygens (including phenoxy) is 1. The fraction of sp³-hybridized carbons (Fsp3) is 0.143. The fourth-order valence-electron chi connectivity index (χ4n) is 1.77. The van der Waals surface area contributed by atoms with Crippen molar-refractivity contribution in [2.75, 3.05) is 0 Å². The number of nitro benzene ring substituents is 1. The van der Waals surface area contributed by atoms with Crippen molar-refractivity contribution < 1.29 is 18.4 Å². The van der Waals surface area contributed by atoms with Crippen molar-refractivity contribution in [3.05, 3.63) is 69.3 Å². The van der Waals surface area contributed by atoms with Crippen LogP contribution in [0.25, 0.3) is 0 Å². The molecule has 0 aliphatic heterocycles. The van der Waals surface area contributed by atoms with Crippen molar-refractivity contribution in [3.63, 3.8) is 0 Å². The molecule has 0 heterocycles. The zero-order valence-corrected chi connectivity index (χ0v) is 11.4. The van der Waals surface area contributed by atoms with Crippen LogP contribution in [-0.4, -0.2) is 4.92 Å². The Morgan fingerprint density at radius 2 is 1.76 bits per heavy atom. The predicted octanol–water partition coefficient (Wildman–Crippen LogP) is 4.19. The first-order chi connectivity index (χ1) is 9.99. The van der Waals surface area contributed by atoms with Crippen molar-refractivity contribution in [3.8, 4) is 5.75 Å². The summed E-state index contributed by atoms with van der Waals surface area (Å²) in [6.45, 7) is -0.185. The van der Waals surface area contributed by atoms with E-state index in [4.69, 9.17) is 16.3 Å². The van der Waals surface area contributed by atoms with Gasteiger partial charge in [0.1, 0.15) is 18.2 Å². The molecule has 0 spiro atoms. The Hall–Kier alpha value is -2.21. The summed E-state index contributed by atoms with van der Waals surface area (Å²) in [5.74, 6) is -1.32. The molecule has 0 saturated heterocycles. The molecule has 0 aromatic heterocycles. The topological polar surface area (TPSA) is 52.4 Å². The monoisotopic (exact) mass is 313 g/mol. The average Bonchev–Trinajstić information content (AvgIpc) is 2.43. The number of benzene rings is 2.